The maximum absolute atomic E-state index is 4.36. The molecule has 19 heavy (non-hydrogen) atoms. The van der Waals surface area contributed by atoms with Crippen molar-refractivity contribution in [2.45, 2.75) is 77.9 Å². The van der Waals surface area contributed by atoms with Gasteiger partial charge in [0, 0.05) is 24.3 Å². The smallest absolute Gasteiger partial charge is 0.0951 e. The summed E-state index contributed by atoms with van der Waals surface area (Å²) in [5, 5.41) is 3.56. The fraction of sp³-hybridized carbons (Fsp3) is 0.812. The number of hydrogen-bond acceptors (Lipinski definition) is 2. The first-order valence-corrected chi connectivity index (χ1v) is 7.73. The van der Waals surface area contributed by atoms with Gasteiger partial charge >= 0.3 is 0 Å². The topological polar surface area (TPSA) is 29.9 Å². The van der Waals surface area contributed by atoms with Crippen molar-refractivity contribution in [3.63, 3.8) is 0 Å². The van der Waals surface area contributed by atoms with E-state index in [4.69, 9.17) is 0 Å². The summed E-state index contributed by atoms with van der Waals surface area (Å²) in [4.78, 5) is 4.36. The second kappa shape index (κ2) is 6.08. The first kappa shape index (κ1) is 14.6. The fourth-order valence-electron chi connectivity index (χ4n) is 3.04. The summed E-state index contributed by atoms with van der Waals surface area (Å²) in [5.74, 6) is 0.830. The molecule has 0 radical (unpaired) electrons. The number of hydrogen-bond donors (Lipinski definition) is 1. The van der Waals surface area contributed by atoms with Gasteiger partial charge in [-0.3, -0.25) is 0 Å². The summed E-state index contributed by atoms with van der Waals surface area (Å²) >= 11 is 0. The lowest BCUT2D eigenvalue weighted by Crippen LogP contribution is -2.36. The van der Waals surface area contributed by atoms with Gasteiger partial charge < -0.3 is 9.88 Å². The van der Waals surface area contributed by atoms with Crippen LogP contribution in [0.25, 0.3) is 0 Å². The lowest BCUT2D eigenvalue weighted by molar-refractivity contribution is 0.258. The Hall–Kier alpha value is -0.830. The molecule has 1 atom stereocenters. The highest BCUT2D eigenvalue weighted by atomic mass is 15.1. The zero-order chi connectivity index (χ0) is 13.9. The Morgan fingerprint density at radius 1 is 1.32 bits per heavy atom. The molecule has 1 fully saturated rings. The number of aromatic nitrogens is 2. The fourth-order valence-corrected chi connectivity index (χ4v) is 3.04. The van der Waals surface area contributed by atoms with E-state index in [1.807, 2.05) is 12.5 Å². The Morgan fingerprint density at radius 2 is 2.00 bits per heavy atom. The van der Waals surface area contributed by atoms with Crippen molar-refractivity contribution in [3.05, 3.63) is 18.2 Å². The van der Waals surface area contributed by atoms with Crippen molar-refractivity contribution >= 4 is 0 Å². The van der Waals surface area contributed by atoms with Gasteiger partial charge in [-0.05, 0) is 46.5 Å². The molecule has 1 heterocycles. The lowest BCUT2D eigenvalue weighted by Gasteiger charge is -2.30. The van der Waals surface area contributed by atoms with Crippen LogP contribution in [-0.4, -0.2) is 15.1 Å². The molecule has 3 heteroatoms. The van der Waals surface area contributed by atoms with Gasteiger partial charge in [-0.15, -0.1) is 0 Å². The molecule has 0 aromatic carbocycles. The highest BCUT2D eigenvalue weighted by Crippen LogP contribution is 2.33. The Balaban J connectivity index is 2.01. The summed E-state index contributed by atoms with van der Waals surface area (Å²) in [5.41, 5.74) is 1.47. The molecule has 0 aliphatic heterocycles. The Bertz CT molecular complexity index is 383. The third kappa shape index (κ3) is 4.07. The summed E-state index contributed by atoms with van der Waals surface area (Å²) < 4.78 is 2.38. The van der Waals surface area contributed by atoms with E-state index in [2.05, 4.69) is 42.6 Å². The maximum atomic E-state index is 4.36. The average molecular weight is 263 g/mol. The molecule has 2 rings (SSSR count). The predicted molar refractivity (Wildman–Crippen MR) is 80.1 cm³/mol. The van der Waals surface area contributed by atoms with Gasteiger partial charge in [0.15, 0.2) is 0 Å². The third-order valence-corrected chi connectivity index (χ3v) is 4.32. The van der Waals surface area contributed by atoms with E-state index in [0.717, 1.165) is 12.5 Å². The molecule has 1 N–H and O–H groups in total. The van der Waals surface area contributed by atoms with E-state index in [9.17, 15) is 0 Å². The average Bonchev–Trinajstić information content (AvgIpc) is 2.84. The normalized spacial score (nSPS) is 19.6. The van der Waals surface area contributed by atoms with Crippen LogP contribution in [0, 0.1) is 5.92 Å². The minimum Gasteiger partial charge on any atom is -0.330 e. The monoisotopic (exact) mass is 263 g/mol. The van der Waals surface area contributed by atoms with Crippen molar-refractivity contribution in [2.75, 3.05) is 0 Å². The quantitative estimate of drug-likeness (QED) is 0.892. The van der Waals surface area contributed by atoms with E-state index >= 15 is 0 Å². The van der Waals surface area contributed by atoms with Crippen LogP contribution in [0.1, 0.15) is 71.5 Å². The maximum Gasteiger partial charge on any atom is 0.0951 e. The summed E-state index contributed by atoms with van der Waals surface area (Å²) in [6.07, 6.45) is 11.0. The van der Waals surface area contributed by atoms with Crippen LogP contribution in [0.3, 0.4) is 0 Å². The van der Waals surface area contributed by atoms with Crippen LogP contribution >= 0.6 is 0 Å². The highest BCUT2D eigenvalue weighted by molar-refractivity contribution is 5.01. The molecule has 0 spiro atoms. The van der Waals surface area contributed by atoms with Gasteiger partial charge in [-0.2, -0.15) is 0 Å². The first-order chi connectivity index (χ1) is 8.97. The summed E-state index contributed by atoms with van der Waals surface area (Å²) in [6.45, 7) is 9.88. The molecular weight excluding hydrogens is 234 g/mol. The van der Waals surface area contributed by atoms with Crippen LogP contribution in [0.15, 0.2) is 12.5 Å². The molecule has 1 aromatic heterocycles. The first-order valence-electron chi connectivity index (χ1n) is 7.73. The molecule has 108 valence electrons. The van der Waals surface area contributed by atoms with E-state index in [0.29, 0.717) is 6.04 Å². The number of nitrogens with zero attached hydrogens (tertiary/aromatic N) is 2. The van der Waals surface area contributed by atoms with Crippen LogP contribution in [0.5, 0.6) is 0 Å². The van der Waals surface area contributed by atoms with Gasteiger partial charge in [0.05, 0.1) is 12.0 Å². The highest BCUT2D eigenvalue weighted by Gasteiger charge is 2.22. The van der Waals surface area contributed by atoms with Crippen LogP contribution in [0.4, 0.5) is 0 Å². The largest absolute Gasteiger partial charge is 0.330 e. The molecule has 0 bridgehead atoms. The summed E-state index contributed by atoms with van der Waals surface area (Å²) in [7, 11) is 0. The second-order valence-electron chi connectivity index (χ2n) is 7.03. The van der Waals surface area contributed by atoms with E-state index < -0.39 is 0 Å². The van der Waals surface area contributed by atoms with Crippen molar-refractivity contribution < 1.29 is 0 Å². The van der Waals surface area contributed by atoms with Gasteiger partial charge in [0.25, 0.3) is 0 Å². The SMILES string of the molecule is CC(C1CCCCC1)n1cncc1CNC(C)(C)C. The van der Waals surface area contributed by atoms with E-state index in [1.165, 1.54) is 37.8 Å². The summed E-state index contributed by atoms with van der Waals surface area (Å²) in [6, 6.07) is 0.583. The third-order valence-electron chi connectivity index (χ3n) is 4.32. The minimum absolute atomic E-state index is 0.156. The molecule has 1 aromatic rings. The molecule has 0 saturated heterocycles. The van der Waals surface area contributed by atoms with Gasteiger partial charge in [-0.1, -0.05) is 19.3 Å². The van der Waals surface area contributed by atoms with Crippen molar-refractivity contribution in [2.24, 2.45) is 5.92 Å². The number of rotatable bonds is 4. The van der Waals surface area contributed by atoms with Gasteiger partial charge in [0.2, 0.25) is 0 Å². The predicted octanol–water partition coefficient (Wildman–Crippen LogP) is 3.91. The standard InChI is InChI=1S/C16H29N3/c1-13(14-8-6-5-7-9-14)19-12-17-10-15(19)11-18-16(2,3)4/h10,12-14,18H,5-9,11H2,1-4H3. The van der Waals surface area contributed by atoms with Crippen LogP contribution < -0.4 is 5.32 Å². The Labute approximate surface area is 117 Å². The molecule has 3 nitrogen and oxygen atoms in total. The zero-order valence-corrected chi connectivity index (χ0v) is 12.9. The molecular formula is C16H29N3. The van der Waals surface area contributed by atoms with Crippen LogP contribution in [-0.2, 0) is 6.54 Å². The van der Waals surface area contributed by atoms with Gasteiger partial charge in [-0.25, -0.2) is 4.98 Å². The zero-order valence-electron chi connectivity index (χ0n) is 12.9. The molecule has 1 unspecified atom stereocenters. The molecule has 0 amide bonds. The molecule has 1 aliphatic carbocycles. The second-order valence-corrected chi connectivity index (χ2v) is 7.03. The van der Waals surface area contributed by atoms with E-state index in [1.54, 1.807) is 0 Å². The minimum atomic E-state index is 0.156. The number of nitrogens with one attached hydrogen (secondary N) is 1. The molecule has 1 saturated carbocycles. The Kier molecular flexibility index (Phi) is 4.67. The molecule has 1 aliphatic rings. The van der Waals surface area contributed by atoms with E-state index in [-0.39, 0.29) is 5.54 Å². The van der Waals surface area contributed by atoms with Crippen molar-refractivity contribution in [1.82, 2.24) is 14.9 Å². The Morgan fingerprint density at radius 3 is 2.63 bits per heavy atom. The van der Waals surface area contributed by atoms with Crippen molar-refractivity contribution in [3.8, 4) is 0 Å². The number of imidazole rings is 1. The van der Waals surface area contributed by atoms with Crippen molar-refractivity contribution in [1.29, 1.82) is 0 Å². The van der Waals surface area contributed by atoms with Crippen LogP contribution in [0.2, 0.25) is 0 Å². The van der Waals surface area contributed by atoms with Gasteiger partial charge in [0.1, 0.15) is 0 Å². The lowest BCUT2D eigenvalue weighted by atomic mass is 9.84.